The Labute approximate surface area is 176 Å². The van der Waals surface area contributed by atoms with Gasteiger partial charge in [0, 0.05) is 51.8 Å². The topological polar surface area (TPSA) is 58.1 Å². The quantitative estimate of drug-likeness (QED) is 0.525. The lowest BCUT2D eigenvalue weighted by atomic mass is 9.49. The Bertz CT molecular complexity index is 548. The van der Waals surface area contributed by atoms with Gasteiger partial charge in [0.1, 0.15) is 0 Å². The lowest BCUT2D eigenvalue weighted by Gasteiger charge is -2.57. The summed E-state index contributed by atoms with van der Waals surface area (Å²) in [5, 5.41) is 7.42. The number of hydrogen-bond donors (Lipinski definition) is 2. The predicted molar refractivity (Wildman–Crippen MR) is 115 cm³/mol. The van der Waals surface area contributed by atoms with Crippen LogP contribution in [-0.4, -0.2) is 76.6 Å². The summed E-state index contributed by atoms with van der Waals surface area (Å²) in [6.07, 6.45) is 10.0. The molecule has 164 valence electrons. The average molecular weight is 405 g/mol. The number of ether oxygens (including phenoxy) is 2. The number of guanidine groups is 1. The SMILES string of the molecule is CN=C(NCC(C1CCOC1)N1CCOCC1)NCC12CC3CC(CC(C3)C1)C2. The number of nitrogens with one attached hydrogen (secondary N) is 2. The molecule has 0 spiro atoms. The van der Waals surface area contributed by atoms with Crippen LogP contribution < -0.4 is 10.6 Å². The molecule has 2 heterocycles. The number of hydrogen-bond acceptors (Lipinski definition) is 4. The maximum absolute atomic E-state index is 5.72. The van der Waals surface area contributed by atoms with Crippen molar-refractivity contribution in [1.29, 1.82) is 0 Å². The molecule has 4 aliphatic carbocycles. The zero-order valence-electron chi connectivity index (χ0n) is 18.2. The van der Waals surface area contributed by atoms with Crippen LogP contribution in [0.15, 0.2) is 4.99 Å². The molecule has 29 heavy (non-hydrogen) atoms. The summed E-state index contributed by atoms with van der Waals surface area (Å²) in [5.74, 6) is 4.61. The Morgan fingerprint density at radius 2 is 1.69 bits per heavy atom. The highest BCUT2D eigenvalue weighted by molar-refractivity contribution is 5.79. The van der Waals surface area contributed by atoms with Gasteiger partial charge in [-0.1, -0.05) is 0 Å². The van der Waals surface area contributed by atoms with Crippen molar-refractivity contribution in [2.75, 3.05) is 59.7 Å². The van der Waals surface area contributed by atoms with Crippen molar-refractivity contribution in [3.05, 3.63) is 0 Å². The molecule has 2 saturated heterocycles. The first-order chi connectivity index (χ1) is 14.2. The van der Waals surface area contributed by atoms with Crippen molar-refractivity contribution >= 4 is 5.96 Å². The summed E-state index contributed by atoms with van der Waals surface area (Å²) in [6.45, 7) is 7.60. The minimum absolute atomic E-state index is 0.500. The molecule has 2 N–H and O–H groups in total. The summed E-state index contributed by atoms with van der Waals surface area (Å²) in [7, 11) is 1.91. The summed E-state index contributed by atoms with van der Waals surface area (Å²) >= 11 is 0. The van der Waals surface area contributed by atoms with Crippen LogP contribution in [0.5, 0.6) is 0 Å². The third-order valence-electron chi connectivity index (χ3n) is 8.52. The van der Waals surface area contributed by atoms with Crippen LogP contribution in [0.3, 0.4) is 0 Å². The van der Waals surface area contributed by atoms with Gasteiger partial charge in [-0.25, -0.2) is 0 Å². The second-order valence-corrected chi connectivity index (χ2v) is 10.6. The minimum atomic E-state index is 0.500. The molecule has 2 unspecified atom stereocenters. The molecule has 0 amide bonds. The summed E-state index contributed by atoms with van der Waals surface area (Å²) in [6, 6.07) is 0.500. The average Bonchev–Trinajstić information content (AvgIpc) is 3.25. The highest BCUT2D eigenvalue weighted by Gasteiger charge is 2.50. The molecular formula is C23H40N4O2. The molecule has 2 atom stereocenters. The van der Waals surface area contributed by atoms with Crippen LogP contribution in [0, 0.1) is 29.1 Å². The van der Waals surface area contributed by atoms with E-state index in [1.165, 1.54) is 44.9 Å². The summed E-state index contributed by atoms with van der Waals surface area (Å²) in [5.41, 5.74) is 0.537. The third kappa shape index (κ3) is 4.45. The van der Waals surface area contributed by atoms with Gasteiger partial charge < -0.3 is 20.1 Å². The van der Waals surface area contributed by atoms with E-state index in [1.807, 2.05) is 7.05 Å². The van der Waals surface area contributed by atoms with Gasteiger partial charge in [-0.05, 0) is 68.1 Å². The molecular weight excluding hydrogens is 364 g/mol. The molecule has 4 saturated carbocycles. The first-order valence-corrected chi connectivity index (χ1v) is 12.1. The van der Waals surface area contributed by atoms with E-state index in [2.05, 4.69) is 20.5 Å². The van der Waals surface area contributed by atoms with Crippen LogP contribution in [0.1, 0.15) is 44.9 Å². The number of rotatable bonds is 6. The van der Waals surface area contributed by atoms with Crippen LogP contribution in [0.4, 0.5) is 0 Å². The van der Waals surface area contributed by atoms with Crippen molar-refractivity contribution in [2.24, 2.45) is 34.1 Å². The molecule has 6 nitrogen and oxygen atoms in total. The highest BCUT2D eigenvalue weighted by atomic mass is 16.5. The van der Waals surface area contributed by atoms with E-state index in [0.717, 1.165) is 76.3 Å². The van der Waals surface area contributed by atoms with E-state index in [-0.39, 0.29) is 0 Å². The standard InChI is InChI=1S/C23H40N4O2/c1-24-22(26-16-23-11-17-8-18(12-23)10-19(9-17)13-23)25-14-21(20-2-5-29-15-20)27-3-6-28-7-4-27/h17-21H,2-16H2,1H3,(H2,24,25,26). The lowest BCUT2D eigenvalue weighted by molar-refractivity contribution is -0.0492. The molecule has 4 bridgehead atoms. The summed E-state index contributed by atoms with van der Waals surface area (Å²) in [4.78, 5) is 7.17. The largest absolute Gasteiger partial charge is 0.381 e. The Kier molecular flexibility index (Phi) is 6.03. The van der Waals surface area contributed by atoms with Crippen molar-refractivity contribution in [3.8, 4) is 0 Å². The summed E-state index contributed by atoms with van der Waals surface area (Å²) < 4.78 is 11.3. The maximum atomic E-state index is 5.72. The molecule has 6 rings (SSSR count). The van der Waals surface area contributed by atoms with Crippen molar-refractivity contribution in [2.45, 2.75) is 51.0 Å². The predicted octanol–water partition coefficient (Wildman–Crippen LogP) is 2.11. The van der Waals surface area contributed by atoms with Crippen LogP contribution in [0.25, 0.3) is 0 Å². The van der Waals surface area contributed by atoms with Crippen LogP contribution in [-0.2, 0) is 9.47 Å². The zero-order chi connectivity index (χ0) is 19.7. The zero-order valence-corrected chi connectivity index (χ0v) is 18.2. The van der Waals surface area contributed by atoms with Gasteiger partial charge in [-0.2, -0.15) is 0 Å². The fraction of sp³-hybridized carbons (Fsp3) is 0.957. The molecule has 0 radical (unpaired) electrons. The first kappa shape index (κ1) is 20.1. The lowest BCUT2D eigenvalue weighted by Crippen LogP contribution is -2.55. The molecule has 6 fully saturated rings. The van der Waals surface area contributed by atoms with E-state index in [0.29, 0.717) is 17.4 Å². The number of morpholine rings is 1. The van der Waals surface area contributed by atoms with Crippen molar-refractivity contribution in [3.63, 3.8) is 0 Å². The van der Waals surface area contributed by atoms with E-state index in [4.69, 9.17) is 9.47 Å². The van der Waals surface area contributed by atoms with Gasteiger partial charge in [0.25, 0.3) is 0 Å². The van der Waals surface area contributed by atoms with Crippen LogP contribution in [0.2, 0.25) is 0 Å². The molecule has 6 heteroatoms. The van der Waals surface area contributed by atoms with Gasteiger partial charge in [0.15, 0.2) is 5.96 Å². The molecule has 0 aromatic rings. The second-order valence-electron chi connectivity index (χ2n) is 10.6. The van der Waals surface area contributed by atoms with Gasteiger partial charge in [-0.15, -0.1) is 0 Å². The Balaban J connectivity index is 1.16. The van der Waals surface area contributed by atoms with Crippen molar-refractivity contribution in [1.82, 2.24) is 15.5 Å². The number of nitrogens with zero attached hydrogens (tertiary/aromatic N) is 2. The Hall–Kier alpha value is -0.850. The minimum Gasteiger partial charge on any atom is -0.381 e. The Morgan fingerprint density at radius 3 is 2.28 bits per heavy atom. The second kappa shape index (κ2) is 8.72. The normalized spacial score (nSPS) is 40.9. The van der Waals surface area contributed by atoms with E-state index in [1.54, 1.807) is 0 Å². The van der Waals surface area contributed by atoms with Gasteiger partial charge in [0.05, 0.1) is 19.8 Å². The van der Waals surface area contributed by atoms with Gasteiger partial charge in [-0.3, -0.25) is 9.89 Å². The van der Waals surface area contributed by atoms with Gasteiger partial charge in [0.2, 0.25) is 0 Å². The number of aliphatic imine (C=N–C) groups is 1. The highest BCUT2D eigenvalue weighted by Crippen LogP contribution is 2.59. The fourth-order valence-corrected chi connectivity index (χ4v) is 7.56. The fourth-order valence-electron chi connectivity index (χ4n) is 7.56. The van der Waals surface area contributed by atoms with Gasteiger partial charge >= 0.3 is 0 Å². The van der Waals surface area contributed by atoms with Crippen molar-refractivity contribution < 1.29 is 9.47 Å². The molecule has 6 aliphatic rings. The first-order valence-electron chi connectivity index (χ1n) is 12.1. The van der Waals surface area contributed by atoms with E-state index < -0.39 is 0 Å². The monoisotopic (exact) mass is 404 g/mol. The Morgan fingerprint density at radius 1 is 1.00 bits per heavy atom. The van der Waals surface area contributed by atoms with E-state index >= 15 is 0 Å². The smallest absolute Gasteiger partial charge is 0.191 e. The van der Waals surface area contributed by atoms with Crippen LogP contribution >= 0.6 is 0 Å². The molecule has 0 aromatic heterocycles. The maximum Gasteiger partial charge on any atom is 0.191 e. The van der Waals surface area contributed by atoms with E-state index in [9.17, 15) is 0 Å². The third-order valence-corrected chi connectivity index (χ3v) is 8.52. The molecule has 2 aliphatic heterocycles. The molecule has 0 aromatic carbocycles.